The van der Waals surface area contributed by atoms with Gasteiger partial charge in [-0.25, -0.2) is 0 Å². The van der Waals surface area contributed by atoms with E-state index < -0.39 is 5.91 Å². The second kappa shape index (κ2) is 7.10. The molecular weight excluding hydrogens is 312 g/mol. The maximum absolute atomic E-state index is 11.8. The molecule has 0 saturated carbocycles. The predicted octanol–water partition coefficient (Wildman–Crippen LogP) is 2.55. The molecule has 1 aromatic carbocycles. The van der Waals surface area contributed by atoms with E-state index in [1.54, 1.807) is 24.3 Å². The lowest BCUT2D eigenvalue weighted by Crippen LogP contribution is -2.43. The summed E-state index contributed by atoms with van der Waals surface area (Å²) in [7, 11) is 0. The minimum absolute atomic E-state index is 0.243. The molecule has 7 heteroatoms. The monoisotopic (exact) mass is 324 g/mol. The van der Waals surface area contributed by atoms with Crippen molar-refractivity contribution in [3.63, 3.8) is 0 Å². The van der Waals surface area contributed by atoms with Gasteiger partial charge < -0.3 is 4.74 Å². The van der Waals surface area contributed by atoms with E-state index in [-0.39, 0.29) is 12.5 Å². The van der Waals surface area contributed by atoms with Crippen LogP contribution in [0.4, 0.5) is 0 Å². The van der Waals surface area contributed by atoms with Gasteiger partial charge in [0.25, 0.3) is 11.8 Å². The second-order valence-corrected chi connectivity index (χ2v) is 5.48. The van der Waals surface area contributed by atoms with Crippen LogP contribution in [0.3, 0.4) is 0 Å². The van der Waals surface area contributed by atoms with Gasteiger partial charge >= 0.3 is 0 Å². The zero-order chi connectivity index (χ0) is 15.2. The minimum Gasteiger partial charge on any atom is -0.482 e. The average molecular weight is 325 g/mol. The molecule has 1 heterocycles. The third-order valence-electron chi connectivity index (χ3n) is 2.58. The molecule has 0 aliphatic heterocycles. The zero-order valence-electron chi connectivity index (χ0n) is 11.2. The summed E-state index contributed by atoms with van der Waals surface area (Å²) in [6, 6.07) is 8.67. The summed E-state index contributed by atoms with van der Waals surface area (Å²) < 4.78 is 5.25. The number of hydrogen-bond donors (Lipinski definition) is 2. The first-order valence-corrected chi connectivity index (χ1v) is 7.34. The fourth-order valence-corrected chi connectivity index (χ4v) is 2.54. The molecule has 0 bridgehead atoms. The Bertz CT molecular complexity index is 657. The Morgan fingerprint density at radius 2 is 2.00 bits per heavy atom. The molecule has 0 unspecified atom stereocenters. The fraction of sp³-hybridized carbons (Fsp3) is 0.143. The van der Waals surface area contributed by atoms with Crippen molar-refractivity contribution in [2.24, 2.45) is 0 Å². The Hall–Kier alpha value is -2.05. The van der Waals surface area contributed by atoms with Gasteiger partial charge in [-0.1, -0.05) is 23.7 Å². The number of hydrogen-bond acceptors (Lipinski definition) is 4. The van der Waals surface area contributed by atoms with Gasteiger partial charge in [-0.15, -0.1) is 11.3 Å². The van der Waals surface area contributed by atoms with E-state index in [4.69, 9.17) is 16.3 Å². The lowest BCUT2D eigenvalue weighted by molar-refractivity contribution is -0.123. The SMILES string of the molecule is Cc1ccsc1C(=O)NNC(=O)COc1ccccc1Cl. The summed E-state index contributed by atoms with van der Waals surface area (Å²) in [6.45, 7) is 1.58. The Kier molecular flexibility index (Phi) is 5.19. The number of nitrogens with one attached hydrogen (secondary N) is 2. The highest BCUT2D eigenvalue weighted by Gasteiger charge is 2.11. The summed E-state index contributed by atoms with van der Waals surface area (Å²) in [5.74, 6) is -0.416. The molecule has 0 aliphatic carbocycles. The van der Waals surface area contributed by atoms with Gasteiger partial charge in [0.1, 0.15) is 5.75 Å². The normalized spacial score (nSPS) is 10.0. The van der Waals surface area contributed by atoms with E-state index >= 15 is 0 Å². The number of amides is 2. The van der Waals surface area contributed by atoms with Gasteiger partial charge in [0.05, 0.1) is 9.90 Å². The van der Waals surface area contributed by atoms with Crippen molar-refractivity contribution < 1.29 is 14.3 Å². The lowest BCUT2D eigenvalue weighted by atomic mass is 10.3. The maximum atomic E-state index is 11.8. The Morgan fingerprint density at radius 3 is 2.67 bits per heavy atom. The van der Waals surface area contributed by atoms with Crippen LogP contribution < -0.4 is 15.6 Å². The van der Waals surface area contributed by atoms with Gasteiger partial charge in [-0.05, 0) is 36.1 Å². The molecule has 2 aromatic rings. The van der Waals surface area contributed by atoms with Crippen molar-refractivity contribution in [1.29, 1.82) is 0 Å². The molecule has 5 nitrogen and oxygen atoms in total. The number of ether oxygens (including phenoxy) is 1. The number of carbonyl (C=O) groups is 2. The largest absolute Gasteiger partial charge is 0.482 e. The van der Waals surface area contributed by atoms with Gasteiger partial charge in [-0.2, -0.15) is 0 Å². The highest BCUT2D eigenvalue weighted by atomic mass is 35.5. The molecule has 2 amide bonds. The molecule has 1 aromatic heterocycles. The van der Waals surface area contributed by atoms with Crippen LogP contribution in [0.25, 0.3) is 0 Å². The number of para-hydroxylation sites is 1. The van der Waals surface area contributed by atoms with E-state index in [0.29, 0.717) is 15.6 Å². The van der Waals surface area contributed by atoms with E-state index in [9.17, 15) is 9.59 Å². The summed E-state index contributed by atoms with van der Waals surface area (Å²) in [4.78, 5) is 23.9. The topological polar surface area (TPSA) is 67.4 Å². The molecule has 0 aliphatic rings. The van der Waals surface area contributed by atoms with Gasteiger partial charge in [-0.3, -0.25) is 20.4 Å². The molecule has 0 atom stereocenters. The summed E-state index contributed by atoms with van der Waals surface area (Å²) in [5, 5.41) is 2.23. The highest BCUT2D eigenvalue weighted by Crippen LogP contribution is 2.22. The highest BCUT2D eigenvalue weighted by molar-refractivity contribution is 7.12. The van der Waals surface area contributed by atoms with E-state index in [0.717, 1.165) is 5.56 Å². The smallest absolute Gasteiger partial charge is 0.280 e. The van der Waals surface area contributed by atoms with Crippen molar-refractivity contribution in [2.75, 3.05) is 6.61 Å². The molecule has 0 spiro atoms. The predicted molar refractivity (Wildman–Crippen MR) is 81.6 cm³/mol. The van der Waals surface area contributed by atoms with Crippen molar-refractivity contribution in [2.45, 2.75) is 6.92 Å². The van der Waals surface area contributed by atoms with Crippen molar-refractivity contribution in [3.05, 3.63) is 51.2 Å². The minimum atomic E-state index is -0.475. The van der Waals surface area contributed by atoms with E-state index in [2.05, 4.69) is 10.9 Å². The fourth-order valence-electron chi connectivity index (χ4n) is 1.53. The van der Waals surface area contributed by atoms with Crippen LogP contribution >= 0.6 is 22.9 Å². The number of hydrazine groups is 1. The third-order valence-corrected chi connectivity index (χ3v) is 3.91. The number of benzene rings is 1. The Labute approximate surface area is 130 Å². The number of aryl methyl sites for hydroxylation is 1. The number of halogens is 1. The van der Waals surface area contributed by atoms with Crippen LogP contribution in [0.5, 0.6) is 5.75 Å². The van der Waals surface area contributed by atoms with Crippen LogP contribution in [0.1, 0.15) is 15.2 Å². The van der Waals surface area contributed by atoms with Crippen LogP contribution in [-0.4, -0.2) is 18.4 Å². The first kappa shape index (κ1) is 15.3. The van der Waals surface area contributed by atoms with Crippen LogP contribution in [-0.2, 0) is 4.79 Å². The third kappa shape index (κ3) is 4.21. The molecule has 0 radical (unpaired) electrons. The number of rotatable bonds is 4. The molecular formula is C14H13ClN2O3S. The molecule has 21 heavy (non-hydrogen) atoms. The van der Waals surface area contributed by atoms with E-state index in [1.807, 2.05) is 18.4 Å². The van der Waals surface area contributed by atoms with Crippen LogP contribution in [0.2, 0.25) is 5.02 Å². The van der Waals surface area contributed by atoms with Crippen LogP contribution in [0, 0.1) is 6.92 Å². The molecule has 2 rings (SSSR count). The Morgan fingerprint density at radius 1 is 1.24 bits per heavy atom. The molecule has 0 saturated heterocycles. The van der Waals surface area contributed by atoms with Gasteiger partial charge in [0.2, 0.25) is 0 Å². The first-order valence-electron chi connectivity index (χ1n) is 6.08. The quantitative estimate of drug-likeness (QED) is 0.849. The zero-order valence-corrected chi connectivity index (χ0v) is 12.8. The molecule has 0 fully saturated rings. The maximum Gasteiger partial charge on any atom is 0.280 e. The van der Waals surface area contributed by atoms with Crippen molar-refractivity contribution in [3.8, 4) is 5.75 Å². The molecule has 2 N–H and O–H groups in total. The van der Waals surface area contributed by atoms with Crippen LogP contribution in [0.15, 0.2) is 35.7 Å². The number of thiophene rings is 1. The van der Waals surface area contributed by atoms with Crippen molar-refractivity contribution in [1.82, 2.24) is 10.9 Å². The second-order valence-electron chi connectivity index (χ2n) is 4.15. The molecule has 110 valence electrons. The number of carbonyl (C=O) groups excluding carboxylic acids is 2. The van der Waals surface area contributed by atoms with Gasteiger partial charge in [0, 0.05) is 0 Å². The average Bonchev–Trinajstić information content (AvgIpc) is 2.90. The lowest BCUT2D eigenvalue weighted by Gasteiger charge is -2.09. The summed E-state index contributed by atoms with van der Waals surface area (Å²) in [5.41, 5.74) is 5.48. The first-order chi connectivity index (χ1) is 10.1. The van der Waals surface area contributed by atoms with Gasteiger partial charge in [0.15, 0.2) is 6.61 Å². The summed E-state index contributed by atoms with van der Waals surface area (Å²) >= 11 is 7.20. The van der Waals surface area contributed by atoms with E-state index in [1.165, 1.54) is 11.3 Å². The Balaban J connectivity index is 1.79. The summed E-state index contributed by atoms with van der Waals surface area (Å²) in [6.07, 6.45) is 0. The van der Waals surface area contributed by atoms with Crippen molar-refractivity contribution >= 4 is 34.8 Å². The standard InChI is InChI=1S/C14H13ClN2O3S/c1-9-6-7-21-13(9)14(19)17-16-12(18)8-20-11-5-3-2-4-10(11)15/h2-7H,8H2,1H3,(H,16,18)(H,17,19).